The summed E-state index contributed by atoms with van der Waals surface area (Å²) in [5.74, 6) is -0.158. The van der Waals surface area contributed by atoms with E-state index in [1.54, 1.807) is 0 Å². The van der Waals surface area contributed by atoms with Crippen molar-refractivity contribution >= 4 is 11.8 Å². The van der Waals surface area contributed by atoms with Crippen LogP contribution in [0.5, 0.6) is 0 Å². The normalized spacial score (nSPS) is 17.2. The van der Waals surface area contributed by atoms with E-state index in [1.807, 2.05) is 43.3 Å². The maximum absolute atomic E-state index is 12.4. The molecule has 2 aromatic rings. The highest BCUT2D eigenvalue weighted by molar-refractivity contribution is 5.88. The first-order valence-corrected chi connectivity index (χ1v) is 9.87. The number of hydrogen-bond donors (Lipinski definition) is 2. The fourth-order valence-corrected chi connectivity index (χ4v) is 3.49. The van der Waals surface area contributed by atoms with Crippen LogP contribution in [-0.2, 0) is 22.4 Å². The zero-order valence-corrected chi connectivity index (χ0v) is 16.4. The number of rotatable bonds is 8. The molecular weight excluding hydrogens is 352 g/mol. The fourth-order valence-electron chi connectivity index (χ4n) is 3.49. The molecule has 1 saturated heterocycles. The first-order chi connectivity index (χ1) is 13.6. The second-order valence-electron chi connectivity index (χ2n) is 7.15. The predicted molar refractivity (Wildman–Crippen MR) is 109 cm³/mol. The van der Waals surface area contributed by atoms with Crippen LogP contribution in [0, 0.1) is 6.92 Å². The highest BCUT2D eigenvalue weighted by atomic mass is 16.2. The van der Waals surface area contributed by atoms with Gasteiger partial charge in [0, 0.05) is 44.0 Å². The molecule has 0 radical (unpaired) electrons. The lowest BCUT2D eigenvalue weighted by Gasteiger charge is -2.34. The van der Waals surface area contributed by atoms with Gasteiger partial charge in [-0.1, -0.05) is 36.4 Å². The van der Waals surface area contributed by atoms with Gasteiger partial charge < -0.3 is 10.6 Å². The molecule has 2 heterocycles. The Kier molecular flexibility index (Phi) is 7.14. The quantitative estimate of drug-likeness (QED) is 0.728. The lowest BCUT2D eigenvalue weighted by molar-refractivity contribution is -0.133. The number of carbonyl (C=O) groups is 2. The van der Waals surface area contributed by atoms with Gasteiger partial charge in [0.2, 0.25) is 11.8 Å². The van der Waals surface area contributed by atoms with Crippen molar-refractivity contribution in [3.8, 4) is 0 Å². The maximum atomic E-state index is 12.4. The minimum atomic E-state index is -0.408. The van der Waals surface area contributed by atoms with Crippen molar-refractivity contribution in [1.82, 2.24) is 20.5 Å². The Bertz CT molecular complexity index is 794. The molecule has 148 valence electrons. The van der Waals surface area contributed by atoms with Crippen LogP contribution in [-0.4, -0.2) is 53.9 Å². The summed E-state index contributed by atoms with van der Waals surface area (Å²) in [5, 5.41) is 5.81. The molecule has 2 amide bonds. The van der Waals surface area contributed by atoms with Gasteiger partial charge in [-0.3, -0.25) is 19.5 Å². The van der Waals surface area contributed by atoms with E-state index >= 15 is 0 Å². The Morgan fingerprint density at radius 1 is 1.18 bits per heavy atom. The van der Waals surface area contributed by atoms with Crippen molar-refractivity contribution in [2.45, 2.75) is 32.2 Å². The van der Waals surface area contributed by atoms with Crippen LogP contribution >= 0.6 is 0 Å². The minimum absolute atomic E-state index is 0.0604. The summed E-state index contributed by atoms with van der Waals surface area (Å²) in [7, 11) is 0. The Labute approximate surface area is 166 Å². The van der Waals surface area contributed by atoms with E-state index in [0.29, 0.717) is 19.5 Å². The lowest BCUT2D eigenvalue weighted by Crippen LogP contribution is -2.56. The number of nitrogens with one attached hydrogen (secondary N) is 2. The van der Waals surface area contributed by atoms with Crippen LogP contribution in [0.1, 0.15) is 23.4 Å². The molecule has 1 fully saturated rings. The Morgan fingerprint density at radius 2 is 2.00 bits per heavy atom. The van der Waals surface area contributed by atoms with Gasteiger partial charge in [-0.05, 0) is 31.0 Å². The summed E-state index contributed by atoms with van der Waals surface area (Å²) in [4.78, 5) is 31.3. The van der Waals surface area contributed by atoms with Gasteiger partial charge in [-0.25, -0.2) is 0 Å². The molecule has 0 spiro atoms. The predicted octanol–water partition coefficient (Wildman–Crippen LogP) is 1.48. The van der Waals surface area contributed by atoms with E-state index in [0.717, 1.165) is 30.9 Å². The van der Waals surface area contributed by atoms with Crippen molar-refractivity contribution in [2.24, 2.45) is 0 Å². The molecule has 1 atom stereocenters. The van der Waals surface area contributed by atoms with Crippen LogP contribution in [0.4, 0.5) is 0 Å². The Morgan fingerprint density at radius 3 is 2.79 bits per heavy atom. The fraction of sp³-hybridized carbons (Fsp3) is 0.409. The molecule has 0 bridgehead atoms. The van der Waals surface area contributed by atoms with E-state index in [9.17, 15) is 9.59 Å². The molecule has 1 aliphatic rings. The first kappa shape index (κ1) is 20.0. The molecule has 0 unspecified atom stereocenters. The summed E-state index contributed by atoms with van der Waals surface area (Å²) >= 11 is 0. The molecule has 0 aliphatic carbocycles. The number of hydrogen-bond acceptors (Lipinski definition) is 4. The minimum Gasteiger partial charge on any atom is -0.356 e. The summed E-state index contributed by atoms with van der Waals surface area (Å²) < 4.78 is 0. The van der Waals surface area contributed by atoms with Gasteiger partial charge in [-0.15, -0.1) is 0 Å². The third-order valence-electron chi connectivity index (χ3n) is 5.00. The number of aryl methyl sites for hydroxylation is 1. The number of amides is 2. The molecule has 1 aromatic carbocycles. The number of pyridine rings is 1. The average molecular weight is 380 g/mol. The van der Waals surface area contributed by atoms with Gasteiger partial charge in [0.05, 0.1) is 12.5 Å². The third-order valence-corrected chi connectivity index (χ3v) is 5.00. The number of carbonyl (C=O) groups excluding carboxylic acids is 2. The van der Waals surface area contributed by atoms with Gasteiger partial charge >= 0.3 is 0 Å². The van der Waals surface area contributed by atoms with E-state index in [4.69, 9.17) is 0 Å². The summed E-state index contributed by atoms with van der Waals surface area (Å²) in [5.41, 5.74) is 3.17. The standard InChI is InChI=1S/C22H28N4O2/c1-17-6-5-9-19(25-17)10-12-23-21(27)16-20-22(28)24-13-15-26(20)14-11-18-7-3-2-4-8-18/h2-9,20H,10-16H2,1H3,(H,23,27)(H,24,28)/t20-/m1/s1. The smallest absolute Gasteiger partial charge is 0.237 e. The summed E-state index contributed by atoms with van der Waals surface area (Å²) in [6.07, 6.45) is 1.73. The molecule has 2 N–H and O–H groups in total. The average Bonchev–Trinajstić information content (AvgIpc) is 2.69. The molecule has 6 heteroatoms. The van der Waals surface area contributed by atoms with Crippen molar-refractivity contribution in [1.29, 1.82) is 0 Å². The topological polar surface area (TPSA) is 74.3 Å². The number of benzene rings is 1. The largest absolute Gasteiger partial charge is 0.356 e. The highest BCUT2D eigenvalue weighted by Crippen LogP contribution is 2.11. The zero-order chi connectivity index (χ0) is 19.8. The molecule has 1 aromatic heterocycles. The molecule has 0 saturated carbocycles. The van der Waals surface area contributed by atoms with Crippen molar-refractivity contribution in [2.75, 3.05) is 26.2 Å². The van der Waals surface area contributed by atoms with Crippen molar-refractivity contribution in [3.05, 3.63) is 65.5 Å². The maximum Gasteiger partial charge on any atom is 0.237 e. The third kappa shape index (κ3) is 5.89. The molecule has 6 nitrogen and oxygen atoms in total. The first-order valence-electron chi connectivity index (χ1n) is 9.87. The van der Waals surface area contributed by atoms with E-state index < -0.39 is 6.04 Å². The zero-order valence-electron chi connectivity index (χ0n) is 16.4. The Hall–Kier alpha value is -2.73. The second kappa shape index (κ2) is 9.99. The van der Waals surface area contributed by atoms with Crippen LogP contribution in [0.3, 0.4) is 0 Å². The van der Waals surface area contributed by atoms with Crippen molar-refractivity contribution < 1.29 is 9.59 Å². The lowest BCUT2D eigenvalue weighted by atomic mass is 10.1. The summed E-state index contributed by atoms with van der Waals surface area (Å²) in [6.45, 7) is 4.64. The van der Waals surface area contributed by atoms with Crippen LogP contribution in [0.2, 0.25) is 0 Å². The summed E-state index contributed by atoms with van der Waals surface area (Å²) in [6, 6.07) is 15.7. The number of nitrogens with zero attached hydrogens (tertiary/aromatic N) is 2. The van der Waals surface area contributed by atoms with Crippen molar-refractivity contribution in [3.63, 3.8) is 0 Å². The molecular formula is C22H28N4O2. The highest BCUT2D eigenvalue weighted by Gasteiger charge is 2.31. The van der Waals surface area contributed by atoms with Crippen LogP contribution < -0.4 is 10.6 Å². The molecule has 1 aliphatic heterocycles. The monoisotopic (exact) mass is 380 g/mol. The van der Waals surface area contributed by atoms with E-state index in [1.165, 1.54) is 5.56 Å². The van der Waals surface area contributed by atoms with Gasteiger partial charge in [0.15, 0.2) is 0 Å². The molecule has 28 heavy (non-hydrogen) atoms. The van der Waals surface area contributed by atoms with Crippen LogP contribution in [0.15, 0.2) is 48.5 Å². The number of aromatic nitrogens is 1. The van der Waals surface area contributed by atoms with E-state index in [-0.39, 0.29) is 18.2 Å². The SMILES string of the molecule is Cc1cccc(CCNC(=O)C[C@@H]2C(=O)NCCN2CCc2ccccc2)n1. The van der Waals surface area contributed by atoms with Gasteiger partial charge in [0.25, 0.3) is 0 Å². The Balaban J connectivity index is 1.49. The number of piperazine rings is 1. The molecule has 3 rings (SSSR count). The van der Waals surface area contributed by atoms with E-state index in [2.05, 4.69) is 32.7 Å². The van der Waals surface area contributed by atoms with Gasteiger partial charge in [-0.2, -0.15) is 0 Å². The van der Waals surface area contributed by atoms with Crippen LogP contribution in [0.25, 0.3) is 0 Å². The second-order valence-corrected chi connectivity index (χ2v) is 7.15. The van der Waals surface area contributed by atoms with Gasteiger partial charge in [0.1, 0.15) is 0 Å².